The van der Waals surface area contributed by atoms with Gasteiger partial charge in [0.2, 0.25) is 11.7 Å². The second-order valence-corrected chi connectivity index (χ2v) is 7.20. The van der Waals surface area contributed by atoms with Crippen molar-refractivity contribution in [2.24, 2.45) is 0 Å². The molecule has 2 aromatic heterocycles. The number of methoxy groups -OCH3 is 1. The molecule has 7 nitrogen and oxygen atoms in total. The molecule has 0 spiro atoms. The number of anilines is 1. The van der Waals surface area contributed by atoms with Crippen LogP contribution in [-0.4, -0.2) is 27.7 Å². The topological polar surface area (TPSA) is 82.2 Å². The second-order valence-electron chi connectivity index (χ2n) is 6.35. The van der Waals surface area contributed by atoms with E-state index in [1.54, 1.807) is 66.4 Å². The number of nitrogens with zero attached hydrogens (tertiary/aromatic N) is 3. The molecule has 0 aliphatic rings. The van der Waals surface area contributed by atoms with Gasteiger partial charge in [0, 0.05) is 17.4 Å². The molecule has 0 radical (unpaired) electrons. The van der Waals surface area contributed by atoms with Crippen LogP contribution in [0.1, 0.15) is 0 Å². The monoisotopic (exact) mass is 470 g/mol. The number of carbonyl (C=O) groups excluding carboxylic acids is 1. The number of amides is 1. The first kappa shape index (κ1) is 19.8. The zero-order valence-corrected chi connectivity index (χ0v) is 17.4. The predicted octanol–water partition coefficient (Wildman–Crippen LogP) is 4.75. The van der Waals surface area contributed by atoms with Gasteiger partial charge in [-0.1, -0.05) is 5.16 Å². The first-order valence-corrected chi connectivity index (χ1v) is 9.71. The maximum Gasteiger partial charge on any atom is 0.274 e. The number of benzene rings is 2. The van der Waals surface area contributed by atoms with Crippen molar-refractivity contribution in [3.63, 3.8) is 0 Å². The van der Waals surface area contributed by atoms with Crippen molar-refractivity contribution < 1.29 is 18.4 Å². The minimum Gasteiger partial charge on any atom is -0.497 e. The van der Waals surface area contributed by atoms with Crippen molar-refractivity contribution in [3.8, 4) is 28.7 Å². The molecule has 0 saturated heterocycles. The largest absolute Gasteiger partial charge is 0.497 e. The third-order valence-electron chi connectivity index (χ3n) is 4.34. The van der Waals surface area contributed by atoms with E-state index in [2.05, 4.69) is 31.4 Å². The van der Waals surface area contributed by atoms with Gasteiger partial charge in [0.1, 0.15) is 23.8 Å². The Morgan fingerprint density at radius 2 is 2.03 bits per heavy atom. The summed E-state index contributed by atoms with van der Waals surface area (Å²) in [5, 5.41) is 6.79. The normalized spacial score (nSPS) is 10.8. The molecule has 0 atom stereocenters. The molecule has 1 N–H and O–H groups in total. The summed E-state index contributed by atoms with van der Waals surface area (Å²) in [6.07, 6.45) is 1.75. The Bertz CT molecular complexity index is 1190. The van der Waals surface area contributed by atoms with Gasteiger partial charge in [-0.15, -0.1) is 0 Å². The maximum atomic E-state index is 13.5. The number of hydrogen-bond donors (Lipinski definition) is 1. The van der Waals surface area contributed by atoms with Crippen LogP contribution < -0.4 is 10.1 Å². The van der Waals surface area contributed by atoms with E-state index in [1.165, 1.54) is 6.07 Å². The molecule has 2 heterocycles. The summed E-state index contributed by atoms with van der Waals surface area (Å²) in [6, 6.07) is 15.1. The third kappa shape index (κ3) is 4.25. The summed E-state index contributed by atoms with van der Waals surface area (Å²) >= 11 is 3.15. The summed E-state index contributed by atoms with van der Waals surface area (Å²) in [6.45, 7) is 0.0637. The van der Waals surface area contributed by atoms with E-state index in [1.807, 2.05) is 0 Å². The fourth-order valence-electron chi connectivity index (χ4n) is 2.86. The molecule has 152 valence electrons. The van der Waals surface area contributed by atoms with Crippen LogP contribution in [0.5, 0.6) is 5.75 Å². The Morgan fingerprint density at radius 3 is 2.77 bits per heavy atom. The Labute approximate surface area is 179 Å². The Kier molecular flexibility index (Phi) is 5.62. The highest BCUT2D eigenvalue weighted by molar-refractivity contribution is 9.10. The van der Waals surface area contributed by atoms with Crippen molar-refractivity contribution in [2.45, 2.75) is 6.54 Å². The molecule has 0 unspecified atom stereocenters. The van der Waals surface area contributed by atoms with Crippen LogP contribution >= 0.6 is 15.9 Å². The van der Waals surface area contributed by atoms with Gasteiger partial charge in [-0.3, -0.25) is 4.79 Å². The molecule has 2 aromatic carbocycles. The lowest BCUT2D eigenvalue weighted by Gasteiger charge is -2.08. The summed E-state index contributed by atoms with van der Waals surface area (Å²) in [5.41, 5.74) is 1.87. The standard InChI is InChI=1S/C21H16BrFN4O3/c1-29-15-7-5-14(6-8-15)24-19(28)12-27-10-2-3-18(27)21-25-20(26-30-21)13-4-9-17(23)16(22)11-13/h2-11H,12H2,1H3,(H,24,28). The van der Waals surface area contributed by atoms with Crippen molar-refractivity contribution in [1.82, 2.24) is 14.7 Å². The molecule has 9 heteroatoms. The van der Waals surface area contributed by atoms with Gasteiger partial charge >= 0.3 is 0 Å². The van der Waals surface area contributed by atoms with E-state index in [4.69, 9.17) is 9.26 Å². The van der Waals surface area contributed by atoms with Gasteiger partial charge in [0.05, 0.1) is 11.6 Å². The summed E-state index contributed by atoms with van der Waals surface area (Å²) in [7, 11) is 1.58. The van der Waals surface area contributed by atoms with Crippen molar-refractivity contribution in [3.05, 3.63) is 71.1 Å². The van der Waals surface area contributed by atoms with Crippen molar-refractivity contribution in [2.75, 3.05) is 12.4 Å². The minimum atomic E-state index is -0.376. The van der Waals surface area contributed by atoms with Gasteiger partial charge in [-0.2, -0.15) is 4.98 Å². The van der Waals surface area contributed by atoms with Crippen molar-refractivity contribution in [1.29, 1.82) is 0 Å². The van der Waals surface area contributed by atoms with Crippen LogP contribution in [0.25, 0.3) is 23.0 Å². The molecule has 0 fully saturated rings. The number of aromatic nitrogens is 3. The van der Waals surface area contributed by atoms with E-state index in [0.29, 0.717) is 33.0 Å². The molecule has 0 bridgehead atoms. The van der Waals surface area contributed by atoms with Gasteiger partial charge in [-0.05, 0) is 70.5 Å². The SMILES string of the molecule is COc1ccc(NC(=O)Cn2cccc2-c2nc(-c3ccc(F)c(Br)c3)no2)cc1. The molecule has 1 amide bonds. The highest BCUT2D eigenvalue weighted by atomic mass is 79.9. The number of ether oxygens (including phenoxy) is 1. The van der Waals surface area contributed by atoms with Crippen LogP contribution in [0.2, 0.25) is 0 Å². The first-order chi connectivity index (χ1) is 14.5. The van der Waals surface area contributed by atoms with E-state index < -0.39 is 0 Å². The van der Waals surface area contributed by atoms with Gasteiger partial charge in [0.25, 0.3) is 5.89 Å². The summed E-state index contributed by atoms with van der Waals surface area (Å²) in [4.78, 5) is 16.8. The average molecular weight is 471 g/mol. The lowest BCUT2D eigenvalue weighted by Crippen LogP contribution is -2.18. The van der Waals surface area contributed by atoms with Crippen LogP contribution in [0.15, 0.2) is 69.8 Å². The Hall–Kier alpha value is -3.46. The lowest BCUT2D eigenvalue weighted by molar-refractivity contribution is -0.116. The van der Waals surface area contributed by atoms with Crippen LogP contribution in [0.4, 0.5) is 10.1 Å². The van der Waals surface area contributed by atoms with Gasteiger partial charge in [-0.25, -0.2) is 4.39 Å². The van der Waals surface area contributed by atoms with Crippen LogP contribution in [0, 0.1) is 5.82 Å². The fourth-order valence-corrected chi connectivity index (χ4v) is 3.23. The number of rotatable bonds is 6. The van der Waals surface area contributed by atoms with E-state index in [9.17, 15) is 9.18 Å². The molecule has 4 rings (SSSR count). The molecule has 0 aliphatic carbocycles. The van der Waals surface area contributed by atoms with Crippen molar-refractivity contribution >= 4 is 27.5 Å². The zero-order chi connectivity index (χ0) is 21.1. The Morgan fingerprint density at radius 1 is 1.23 bits per heavy atom. The lowest BCUT2D eigenvalue weighted by atomic mass is 10.2. The molecule has 0 saturated carbocycles. The third-order valence-corrected chi connectivity index (χ3v) is 4.95. The summed E-state index contributed by atoms with van der Waals surface area (Å²) < 4.78 is 25.9. The van der Waals surface area contributed by atoms with Gasteiger partial charge < -0.3 is 19.1 Å². The molecule has 0 aliphatic heterocycles. The number of halogens is 2. The highest BCUT2D eigenvalue weighted by Gasteiger charge is 2.16. The summed E-state index contributed by atoms with van der Waals surface area (Å²) in [5.74, 6) is 0.703. The van der Waals surface area contributed by atoms with E-state index in [0.717, 1.165) is 0 Å². The Balaban J connectivity index is 1.49. The van der Waals surface area contributed by atoms with Crippen LogP contribution in [0.3, 0.4) is 0 Å². The minimum absolute atomic E-state index is 0.0637. The molecule has 4 aromatic rings. The number of nitrogens with one attached hydrogen (secondary N) is 1. The quantitative estimate of drug-likeness (QED) is 0.439. The predicted molar refractivity (Wildman–Crippen MR) is 112 cm³/mol. The molecule has 30 heavy (non-hydrogen) atoms. The zero-order valence-electron chi connectivity index (χ0n) is 15.8. The second kappa shape index (κ2) is 8.50. The van der Waals surface area contributed by atoms with Crippen LogP contribution in [-0.2, 0) is 11.3 Å². The highest BCUT2D eigenvalue weighted by Crippen LogP contribution is 2.26. The smallest absolute Gasteiger partial charge is 0.274 e. The van der Waals surface area contributed by atoms with E-state index in [-0.39, 0.29) is 24.2 Å². The first-order valence-electron chi connectivity index (χ1n) is 8.92. The fraction of sp³-hybridized carbons (Fsp3) is 0.0952. The average Bonchev–Trinajstić information content (AvgIpc) is 3.40. The molecular formula is C21H16BrFN4O3. The van der Waals surface area contributed by atoms with Gasteiger partial charge in [0.15, 0.2) is 0 Å². The van der Waals surface area contributed by atoms with E-state index >= 15 is 0 Å². The number of hydrogen-bond acceptors (Lipinski definition) is 5. The molecular weight excluding hydrogens is 455 g/mol. The number of carbonyl (C=O) groups is 1. The maximum absolute atomic E-state index is 13.5.